The first-order valence-corrected chi connectivity index (χ1v) is 7.18. The van der Waals surface area contributed by atoms with Gasteiger partial charge in [-0.1, -0.05) is 0 Å². The number of ether oxygens (including phenoxy) is 1. The molecule has 2 rings (SSSR count). The molecule has 1 fully saturated rings. The fourth-order valence-corrected chi connectivity index (χ4v) is 2.37. The van der Waals surface area contributed by atoms with Crippen molar-refractivity contribution in [2.75, 3.05) is 32.8 Å². The van der Waals surface area contributed by atoms with Crippen LogP contribution in [0, 0.1) is 0 Å². The van der Waals surface area contributed by atoms with Gasteiger partial charge >= 0.3 is 0 Å². The Bertz CT molecular complexity index is 487. The van der Waals surface area contributed by atoms with E-state index in [0.717, 1.165) is 0 Å². The van der Waals surface area contributed by atoms with Crippen LogP contribution in [0.3, 0.4) is 0 Å². The summed E-state index contributed by atoms with van der Waals surface area (Å²) < 4.78 is 5.21. The van der Waals surface area contributed by atoms with Gasteiger partial charge in [0.1, 0.15) is 11.5 Å². The van der Waals surface area contributed by atoms with Gasteiger partial charge < -0.3 is 25.2 Å². The topological polar surface area (TPSA) is 82.0 Å². The van der Waals surface area contributed by atoms with E-state index in [2.05, 4.69) is 5.32 Å². The van der Waals surface area contributed by atoms with Crippen LogP contribution in [0.2, 0.25) is 0 Å². The summed E-state index contributed by atoms with van der Waals surface area (Å²) in [6.07, 6.45) is 0.407. The average Bonchev–Trinajstić information content (AvgIpc) is 2.50. The lowest BCUT2D eigenvalue weighted by Crippen LogP contribution is -2.41. The van der Waals surface area contributed by atoms with Gasteiger partial charge in [-0.05, 0) is 25.1 Å². The summed E-state index contributed by atoms with van der Waals surface area (Å²) >= 11 is 0. The van der Waals surface area contributed by atoms with Gasteiger partial charge in [-0.2, -0.15) is 0 Å². The molecule has 0 aliphatic carbocycles. The van der Waals surface area contributed by atoms with E-state index in [0.29, 0.717) is 44.8 Å². The number of morpholine rings is 1. The Morgan fingerprint density at radius 1 is 1.38 bits per heavy atom. The van der Waals surface area contributed by atoms with Crippen molar-refractivity contribution in [1.29, 1.82) is 0 Å². The summed E-state index contributed by atoms with van der Waals surface area (Å²) in [6, 6.07) is 4.28. The van der Waals surface area contributed by atoms with Crippen LogP contribution in [-0.4, -0.2) is 53.9 Å². The molecule has 1 aromatic rings. The fourth-order valence-electron chi connectivity index (χ4n) is 2.37. The first-order valence-electron chi connectivity index (χ1n) is 7.18. The second-order valence-corrected chi connectivity index (χ2v) is 5.16. The zero-order chi connectivity index (χ0) is 15.2. The Kier molecular flexibility index (Phi) is 5.41. The van der Waals surface area contributed by atoms with Crippen LogP contribution in [0.25, 0.3) is 0 Å². The zero-order valence-corrected chi connectivity index (χ0v) is 12.2. The Balaban J connectivity index is 1.79. The minimum Gasteiger partial charge on any atom is -0.508 e. The largest absolute Gasteiger partial charge is 0.508 e. The molecule has 1 aromatic carbocycles. The van der Waals surface area contributed by atoms with Crippen LogP contribution in [0.5, 0.6) is 11.5 Å². The third-order valence-electron chi connectivity index (χ3n) is 3.63. The van der Waals surface area contributed by atoms with Gasteiger partial charge in [-0.25, -0.2) is 0 Å². The Morgan fingerprint density at radius 2 is 2.10 bits per heavy atom. The Hall–Kier alpha value is -1.79. The summed E-state index contributed by atoms with van der Waals surface area (Å²) in [6.45, 7) is 4.92. The van der Waals surface area contributed by atoms with Crippen LogP contribution in [0.15, 0.2) is 18.2 Å². The van der Waals surface area contributed by atoms with Crippen LogP contribution in [0.4, 0.5) is 0 Å². The Morgan fingerprint density at radius 3 is 2.81 bits per heavy atom. The van der Waals surface area contributed by atoms with Crippen molar-refractivity contribution in [3.8, 4) is 11.5 Å². The highest BCUT2D eigenvalue weighted by Crippen LogP contribution is 2.27. The van der Waals surface area contributed by atoms with Gasteiger partial charge in [0.05, 0.1) is 13.2 Å². The van der Waals surface area contributed by atoms with Gasteiger partial charge in [0, 0.05) is 37.7 Å². The van der Waals surface area contributed by atoms with E-state index in [4.69, 9.17) is 4.74 Å². The molecule has 0 saturated carbocycles. The maximum atomic E-state index is 12.0. The van der Waals surface area contributed by atoms with E-state index >= 15 is 0 Å². The van der Waals surface area contributed by atoms with Gasteiger partial charge in [-0.3, -0.25) is 4.79 Å². The van der Waals surface area contributed by atoms with E-state index in [-0.39, 0.29) is 23.4 Å². The number of hydrogen-bond acceptors (Lipinski definition) is 5. The van der Waals surface area contributed by atoms with Crippen LogP contribution in [-0.2, 0) is 9.53 Å². The molecule has 6 heteroatoms. The molecule has 0 bridgehead atoms. The molecule has 0 radical (unpaired) electrons. The number of nitrogens with zero attached hydrogens (tertiary/aromatic N) is 1. The molecule has 1 atom stereocenters. The molecule has 6 nitrogen and oxygen atoms in total. The third-order valence-corrected chi connectivity index (χ3v) is 3.63. The van der Waals surface area contributed by atoms with Crippen molar-refractivity contribution in [2.24, 2.45) is 0 Å². The fraction of sp³-hybridized carbons (Fsp3) is 0.533. The summed E-state index contributed by atoms with van der Waals surface area (Å²) in [7, 11) is 0. The highest BCUT2D eigenvalue weighted by atomic mass is 16.5. The summed E-state index contributed by atoms with van der Waals surface area (Å²) in [4.78, 5) is 13.8. The molecule has 1 aliphatic rings. The third kappa shape index (κ3) is 4.34. The predicted octanol–water partition coefficient (Wildman–Crippen LogP) is 0.997. The van der Waals surface area contributed by atoms with E-state index in [1.807, 2.05) is 11.8 Å². The van der Waals surface area contributed by atoms with Crippen molar-refractivity contribution in [1.82, 2.24) is 10.2 Å². The number of hydrogen-bond donors (Lipinski definition) is 3. The number of benzene rings is 1. The minimum atomic E-state index is -0.144. The summed E-state index contributed by atoms with van der Waals surface area (Å²) in [5.41, 5.74) is 0.619. The van der Waals surface area contributed by atoms with Crippen LogP contribution in [0.1, 0.15) is 24.9 Å². The molecule has 3 N–H and O–H groups in total. The lowest BCUT2D eigenvalue weighted by Gasteiger charge is -2.27. The minimum absolute atomic E-state index is 0.109. The lowest BCUT2D eigenvalue weighted by molar-refractivity contribution is -0.135. The molecular formula is C15H22N2O4. The molecule has 1 unspecified atom stereocenters. The molecule has 116 valence electrons. The summed E-state index contributed by atoms with van der Waals surface area (Å²) in [5.74, 6) is 0.353. The zero-order valence-electron chi connectivity index (χ0n) is 12.2. The molecule has 1 saturated heterocycles. The molecule has 0 spiro atoms. The monoisotopic (exact) mass is 294 g/mol. The van der Waals surface area contributed by atoms with E-state index in [1.165, 1.54) is 18.2 Å². The number of phenolic OH excluding ortho intramolecular Hbond substituents is 2. The summed E-state index contributed by atoms with van der Waals surface area (Å²) in [5, 5.41) is 22.4. The smallest absolute Gasteiger partial charge is 0.224 e. The van der Waals surface area contributed by atoms with Crippen molar-refractivity contribution in [3.05, 3.63) is 23.8 Å². The van der Waals surface area contributed by atoms with Crippen molar-refractivity contribution >= 4 is 5.91 Å². The van der Waals surface area contributed by atoms with Gasteiger partial charge in [-0.15, -0.1) is 0 Å². The molecule has 1 amide bonds. The normalized spacial score (nSPS) is 16.7. The second-order valence-electron chi connectivity index (χ2n) is 5.16. The molecule has 0 aromatic heterocycles. The standard InChI is InChI=1S/C15H22N2O4/c1-11(13-10-12(18)2-3-14(13)19)16-5-4-15(20)17-6-8-21-9-7-17/h2-3,10-11,16,18-19H,4-9H2,1H3. The van der Waals surface area contributed by atoms with Crippen molar-refractivity contribution < 1.29 is 19.7 Å². The highest BCUT2D eigenvalue weighted by Gasteiger charge is 2.17. The maximum Gasteiger partial charge on any atom is 0.224 e. The number of rotatable bonds is 5. The first-order chi connectivity index (χ1) is 10.1. The second kappa shape index (κ2) is 7.28. The van der Waals surface area contributed by atoms with E-state index in [1.54, 1.807) is 0 Å². The van der Waals surface area contributed by atoms with Gasteiger partial charge in [0.2, 0.25) is 5.91 Å². The molecule has 21 heavy (non-hydrogen) atoms. The number of carbonyl (C=O) groups is 1. The van der Waals surface area contributed by atoms with E-state index in [9.17, 15) is 15.0 Å². The van der Waals surface area contributed by atoms with E-state index < -0.39 is 0 Å². The van der Waals surface area contributed by atoms with Crippen LogP contribution < -0.4 is 5.32 Å². The van der Waals surface area contributed by atoms with Crippen molar-refractivity contribution in [3.63, 3.8) is 0 Å². The number of nitrogens with one attached hydrogen (secondary N) is 1. The highest BCUT2D eigenvalue weighted by molar-refractivity contribution is 5.76. The number of aromatic hydroxyl groups is 2. The Labute approximate surface area is 124 Å². The number of carbonyl (C=O) groups excluding carboxylic acids is 1. The van der Waals surface area contributed by atoms with Gasteiger partial charge in [0.25, 0.3) is 0 Å². The molecule has 1 heterocycles. The first kappa shape index (κ1) is 15.6. The SMILES string of the molecule is CC(NCCC(=O)N1CCOCC1)c1cc(O)ccc1O. The predicted molar refractivity (Wildman–Crippen MR) is 78.2 cm³/mol. The molecular weight excluding hydrogens is 272 g/mol. The molecule has 1 aliphatic heterocycles. The lowest BCUT2D eigenvalue weighted by atomic mass is 10.1. The average molecular weight is 294 g/mol. The number of phenols is 2. The van der Waals surface area contributed by atoms with Crippen LogP contribution >= 0.6 is 0 Å². The van der Waals surface area contributed by atoms with Gasteiger partial charge in [0.15, 0.2) is 0 Å². The maximum absolute atomic E-state index is 12.0. The van der Waals surface area contributed by atoms with Crippen molar-refractivity contribution in [2.45, 2.75) is 19.4 Å². The number of amides is 1. The quantitative estimate of drug-likeness (QED) is 0.706.